The van der Waals surface area contributed by atoms with Gasteiger partial charge in [-0.15, -0.1) is 11.6 Å². The molecule has 0 bridgehead atoms. The minimum absolute atomic E-state index is 0.150. The Balaban J connectivity index is 2.67. The minimum atomic E-state index is -0.150. The van der Waals surface area contributed by atoms with Gasteiger partial charge in [-0.1, -0.05) is 0 Å². The summed E-state index contributed by atoms with van der Waals surface area (Å²) >= 11 is 5.52. The average molecular weight is 198 g/mol. The Bertz CT molecular complexity index is 473. The molecule has 0 N–H and O–H groups in total. The van der Waals surface area contributed by atoms with Gasteiger partial charge < -0.3 is 0 Å². The molecule has 2 rings (SSSR count). The number of aromatic nitrogens is 3. The van der Waals surface area contributed by atoms with Crippen LogP contribution in [-0.4, -0.2) is 20.1 Å². The van der Waals surface area contributed by atoms with Crippen LogP contribution in [0.2, 0.25) is 0 Å². The van der Waals surface area contributed by atoms with Crippen LogP contribution in [0.4, 0.5) is 0 Å². The molecule has 0 saturated carbocycles. The fourth-order valence-corrected chi connectivity index (χ4v) is 1.37. The molecule has 0 aliphatic carbocycles. The summed E-state index contributed by atoms with van der Waals surface area (Å²) in [5.41, 5.74) is 0.652. The van der Waals surface area contributed by atoms with Crippen molar-refractivity contribution in [3.05, 3.63) is 35.0 Å². The van der Waals surface area contributed by atoms with Gasteiger partial charge in [0.2, 0.25) is 0 Å². The van der Waals surface area contributed by atoms with Crippen molar-refractivity contribution in [1.82, 2.24) is 14.2 Å². The summed E-state index contributed by atoms with van der Waals surface area (Å²) in [6.07, 6.45) is 3.36. The molecule has 68 valence electrons. The molecule has 0 radical (unpaired) electrons. The van der Waals surface area contributed by atoms with Crippen LogP contribution in [0.15, 0.2) is 29.3 Å². The fraction of sp³-hybridized carbons (Fsp3) is 0.250. The summed E-state index contributed by atoms with van der Waals surface area (Å²) in [7, 11) is 0. The van der Waals surface area contributed by atoms with Crippen molar-refractivity contribution in [3.8, 4) is 0 Å². The van der Waals surface area contributed by atoms with E-state index < -0.39 is 0 Å². The first-order valence-electron chi connectivity index (χ1n) is 3.92. The standard InChI is InChI=1S/C8H8ClN3O/c9-3-5-12-8(13)11-4-1-2-7(11)6-10-12/h1-2,4,6H,3,5H2. The topological polar surface area (TPSA) is 39.3 Å². The van der Waals surface area contributed by atoms with E-state index in [-0.39, 0.29) is 5.69 Å². The molecule has 0 spiro atoms. The summed E-state index contributed by atoms with van der Waals surface area (Å²) in [6.45, 7) is 0.439. The molecule has 0 amide bonds. The molecular formula is C8H8ClN3O. The molecule has 0 aliphatic heterocycles. The van der Waals surface area contributed by atoms with Gasteiger partial charge in [-0.05, 0) is 12.1 Å². The number of alkyl halides is 1. The van der Waals surface area contributed by atoms with Gasteiger partial charge in [0.25, 0.3) is 0 Å². The van der Waals surface area contributed by atoms with E-state index in [9.17, 15) is 4.79 Å². The highest BCUT2D eigenvalue weighted by Gasteiger charge is 2.00. The smallest absolute Gasteiger partial charge is 0.267 e. The van der Waals surface area contributed by atoms with E-state index in [0.29, 0.717) is 12.4 Å². The molecule has 13 heavy (non-hydrogen) atoms. The van der Waals surface area contributed by atoms with Gasteiger partial charge in [0.1, 0.15) is 0 Å². The third-order valence-electron chi connectivity index (χ3n) is 1.83. The number of fused-ring (bicyclic) bond motifs is 1. The lowest BCUT2D eigenvalue weighted by Gasteiger charge is -2.01. The Morgan fingerprint density at radius 3 is 3.15 bits per heavy atom. The highest BCUT2D eigenvalue weighted by atomic mass is 35.5. The predicted molar refractivity (Wildman–Crippen MR) is 50.2 cm³/mol. The fourth-order valence-electron chi connectivity index (χ4n) is 1.21. The maximum absolute atomic E-state index is 11.6. The third kappa shape index (κ3) is 1.33. The molecule has 2 aromatic rings. The molecule has 2 aromatic heterocycles. The maximum atomic E-state index is 11.6. The highest BCUT2D eigenvalue weighted by molar-refractivity contribution is 6.17. The SMILES string of the molecule is O=c1n(CCCl)ncc2cccn12. The van der Waals surface area contributed by atoms with Crippen LogP contribution in [0.5, 0.6) is 0 Å². The Hall–Kier alpha value is -1.29. The van der Waals surface area contributed by atoms with Crippen LogP contribution in [0.1, 0.15) is 0 Å². The molecule has 0 unspecified atom stereocenters. The zero-order chi connectivity index (χ0) is 9.26. The third-order valence-corrected chi connectivity index (χ3v) is 2.00. The lowest BCUT2D eigenvalue weighted by Crippen LogP contribution is -2.28. The zero-order valence-corrected chi connectivity index (χ0v) is 7.61. The monoisotopic (exact) mass is 197 g/mol. The predicted octanol–water partition coefficient (Wildman–Crippen LogP) is 0.735. The lowest BCUT2D eigenvalue weighted by molar-refractivity contribution is 0.591. The van der Waals surface area contributed by atoms with Crippen molar-refractivity contribution in [1.29, 1.82) is 0 Å². The van der Waals surface area contributed by atoms with Crippen molar-refractivity contribution in [2.24, 2.45) is 0 Å². The van der Waals surface area contributed by atoms with Gasteiger partial charge >= 0.3 is 5.69 Å². The van der Waals surface area contributed by atoms with Crippen LogP contribution < -0.4 is 5.69 Å². The second kappa shape index (κ2) is 3.22. The number of nitrogens with zero attached hydrogens (tertiary/aromatic N) is 3. The van der Waals surface area contributed by atoms with Crippen LogP contribution in [-0.2, 0) is 6.54 Å². The summed E-state index contributed by atoms with van der Waals surface area (Å²) < 4.78 is 2.89. The van der Waals surface area contributed by atoms with Gasteiger partial charge in [-0.25, -0.2) is 9.48 Å². The van der Waals surface area contributed by atoms with Crippen LogP contribution in [0.25, 0.3) is 5.52 Å². The molecule has 2 heterocycles. The summed E-state index contributed by atoms with van der Waals surface area (Å²) in [5.74, 6) is 0.389. The van der Waals surface area contributed by atoms with E-state index in [1.54, 1.807) is 16.8 Å². The number of hydrogen-bond donors (Lipinski definition) is 0. The molecule has 0 aromatic carbocycles. The van der Waals surface area contributed by atoms with Crippen molar-refractivity contribution in [2.45, 2.75) is 6.54 Å². The van der Waals surface area contributed by atoms with Gasteiger partial charge in [0.05, 0.1) is 18.3 Å². The van der Waals surface area contributed by atoms with Gasteiger partial charge in [0, 0.05) is 12.1 Å². The number of hydrogen-bond acceptors (Lipinski definition) is 2. The summed E-state index contributed by atoms with van der Waals surface area (Å²) in [6, 6.07) is 3.64. The highest BCUT2D eigenvalue weighted by Crippen LogP contribution is 1.96. The van der Waals surface area contributed by atoms with Crippen molar-refractivity contribution in [3.63, 3.8) is 0 Å². The Kier molecular flexibility index (Phi) is 2.06. The molecule has 0 fully saturated rings. The lowest BCUT2D eigenvalue weighted by atomic mass is 10.5. The van der Waals surface area contributed by atoms with E-state index in [1.807, 2.05) is 12.1 Å². The Labute approximate surface area is 79.4 Å². The van der Waals surface area contributed by atoms with Crippen molar-refractivity contribution < 1.29 is 0 Å². The van der Waals surface area contributed by atoms with Crippen molar-refractivity contribution in [2.75, 3.05) is 5.88 Å². The molecule has 4 nitrogen and oxygen atoms in total. The second-order valence-electron chi connectivity index (χ2n) is 2.64. The van der Waals surface area contributed by atoms with Crippen LogP contribution in [0, 0.1) is 0 Å². The molecule has 0 aliphatic rings. The maximum Gasteiger partial charge on any atom is 0.349 e. The quantitative estimate of drug-likeness (QED) is 0.666. The molecule has 0 saturated heterocycles. The first kappa shape index (κ1) is 8.31. The number of rotatable bonds is 2. The number of halogens is 1. The van der Waals surface area contributed by atoms with E-state index in [0.717, 1.165) is 5.52 Å². The van der Waals surface area contributed by atoms with Crippen LogP contribution >= 0.6 is 11.6 Å². The minimum Gasteiger partial charge on any atom is -0.267 e. The summed E-state index contributed by atoms with van der Waals surface area (Å²) in [4.78, 5) is 11.6. The molecule has 0 atom stereocenters. The van der Waals surface area contributed by atoms with E-state index >= 15 is 0 Å². The Morgan fingerprint density at radius 1 is 1.54 bits per heavy atom. The van der Waals surface area contributed by atoms with E-state index in [2.05, 4.69) is 5.10 Å². The normalized spacial score (nSPS) is 10.8. The van der Waals surface area contributed by atoms with Crippen LogP contribution in [0.3, 0.4) is 0 Å². The first-order valence-corrected chi connectivity index (χ1v) is 4.45. The van der Waals surface area contributed by atoms with Crippen molar-refractivity contribution >= 4 is 17.1 Å². The van der Waals surface area contributed by atoms with Gasteiger partial charge in [0.15, 0.2) is 0 Å². The molecular weight excluding hydrogens is 190 g/mol. The second-order valence-corrected chi connectivity index (χ2v) is 3.02. The average Bonchev–Trinajstić information content (AvgIpc) is 2.58. The van der Waals surface area contributed by atoms with Gasteiger partial charge in [-0.3, -0.25) is 4.40 Å². The first-order chi connectivity index (χ1) is 6.33. The number of aryl methyl sites for hydroxylation is 1. The largest absolute Gasteiger partial charge is 0.349 e. The summed E-state index contributed by atoms with van der Waals surface area (Å²) in [5, 5.41) is 3.97. The molecule has 5 heteroatoms. The van der Waals surface area contributed by atoms with Gasteiger partial charge in [-0.2, -0.15) is 5.10 Å². The zero-order valence-electron chi connectivity index (χ0n) is 6.85. The Morgan fingerprint density at radius 2 is 2.38 bits per heavy atom. The van der Waals surface area contributed by atoms with E-state index in [4.69, 9.17) is 11.6 Å². The van der Waals surface area contributed by atoms with E-state index in [1.165, 1.54) is 4.68 Å².